The van der Waals surface area contributed by atoms with Gasteiger partial charge in [0.05, 0.1) is 17.7 Å². The summed E-state index contributed by atoms with van der Waals surface area (Å²) in [6.07, 6.45) is 0. The highest BCUT2D eigenvalue weighted by atomic mass is 16.5. The maximum Gasteiger partial charge on any atom is 0.340 e. The summed E-state index contributed by atoms with van der Waals surface area (Å²) in [5, 5.41) is 0. The number of ether oxygens (including phenoxy) is 2. The molecule has 28 heavy (non-hydrogen) atoms. The number of imidazole rings is 1. The standard InChI is InChI=1S/C22H27N3O3/c1-4-25(5-2)13-14-28-17-10-7-9-16(15-17)21-23-19-12-8-11-18(20(19)24-21)22(26)27-6-3/h7-12,15H,4-6,13-14H2,1-3H3,(H,23,24). The number of hydrogen-bond acceptors (Lipinski definition) is 5. The number of carbonyl (C=O) groups is 1. The van der Waals surface area contributed by atoms with E-state index in [0.717, 1.165) is 36.5 Å². The zero-order valence-electron chi connectivity index (χ0n) is 16.7. The summed E-state index contributed by atoms with van der Waals surface area (Å²) in [5.41, 5.74) is 2.79. The minimum absolute atomic E-state index is 0.333. The number of nitrogens with zero attached hydrogens (tertiary/aromatic N) is 2. The Morgan fingerprint density at radius 1 is 1.11 bits per heavy atom. The van der Waals surface area contributed by atoms with Gasteiger partial charge < -0.3 is 19.4 Å². The monoisotopic (exact) mass is 381 g/mol. The summed E-state index contributed by atoms with van der Waals surface area (Å²) in [4.78, 5) is 22.4. The Balaban J connectivity index is 1.81. The fraction of sp³-hybridized carbons (Fsp3) is 0.364. The minimum atomic E-state index is -0.361. The van der Waals surface area contributed by atoms with Crippen LogP contribution in [0.5, 0.6) is 5.75 Å². The second-order valence-electron chi connectivity index (χ2n) is 6.41. The molecule has 0 atom stereocenters. The van der Waals surface area contributed by atoms with Gasteiger partial charge in [-0.3, -0.25) is 0 Å². The van der Waals surface area contributed by atoms with Crippen LogP contribution in [0.1, 0.15) is 31.1 Å². The molecule has 0 saturated heterocycles. The first-order chi connectivity index (χ1) is 13.7. The lowest BCUT2D eigenvalue weighted by Gasteiger charge is -2.18. The average molecular weight is 381 g/mol. The van der Waals surface area contributed by atoms with Gasteiger partial charge in [-0.05, 0) is 44.3 Å². The van der Waals surface area contributed by atoms with Gasteiger partial charge in [-0.15, -0.1) is 0 Å². The molecule has 0 aliphatic carbocycles. The van der Waals surface area contributed by atoms with Crippen molar-refractivity contribution >= 4 is 17.0 Å². The molecule has 0 saturated carbocycles. The number of nitrogens with one attached hydrogen (secondary N) is 1. The molecule has 2 aromatic carbocycles. The van der Waals surface area contributed by atoms with Crippen LogP contribution >= 0.6 is 0 Å². The van der Waals surface area contributed by atoms with Crippen molar-refractivity contribution in [3.05, 3.63) is 48.0 Å². The lowest BCUT2D eigenvalue weighted by Crippen LogP contribution is -2.27. The largest absolute Gasteiger partial charge is 0.492 e. The molecule has 0 aliphatic rings. The molecule has 0 spiro atoms. The van der Waals surface area contributed by atoms with Gasteiger partial charge in [0.1, 0.15) is 23.7 Å². The molecule has 0 aliphatic heterocycles. The number of para-hydroxylation sites is 1. The van der Waals surface area contributed by atoms with Gasteiger partial charge >= 0.3 is 5.97 Å². The second-order valence-corrected chi connectivity index (χ2v) is 6.41. The summed E-state index contributed by atoms with van der Waals surface area (Å²) in [7, 11) is 0. The van der Waals surface area contributed by atoms with Crippen LogP contribution in [0.2, 0.25) is 0 Å². The Kier molecular flexibility index (Phi) is 6.66. The molecule has 0 bridgehead atoms. The number of hydrogen-bond donors (Lipinski definition) is 1. The molecule has 6 heteroatoms. The summed E-state index contributed by atoms with van der Waals surface area (Å²) < 4.78 is 11.0. The Morgan fingerprint density at radius 2 is 1.89 bits per heavy atom. The summed E-state index contributed by atoms with van der Waals surface area (Å²) in [5.74, 6) is 1.14. The Labute approximate surface area is 165 Å². The normalized spacial score (nSPS) is 11.1. The van der Waals surface area contributed by atoms with E-state index in [1.807, 2.05) is 36.4 Å². The van der Waals surface area contributed by atoms with Gasteiger partial charge in [0.25, 0.3) is 0 Å². The first-order valence-electron chi connectivity index (χ1n) is 9.77. The third kappa shape index (κ3) is 4.51. The first-order valence-corrected chi connectivity index (χ1v) is 9.77. The molecule has 148 valence electrons. The van der Waals surface area contributed by atoms with E-state index >= 15 is 0 Å². The molecule has 0 fully saturated rings. The molecule has 0 radical (unpaired) electrons. The molecule has 1 aromatic heterocycles. The predicted molar refractivity (Wildman–Crippen MR) is 111 cm³/mol. The van der Waals surface area contributed by atoms with E-state index in [2.05, 4.69) is 28.7 Å². The number of aromatic nitrogens is 2. The van der Waals surface area contributed by atoms with E-state index in [1.54, 1.807) is 13.0 Å². The number of fused-ring (bicyclic) bond motifs is 1. The van der Waals surface area contributed by atoms with Crippen LogP contribution in [-0.4, -0.2) is 53.7 Å². The highest BCUT2D eigenvalue weighted by Gasteiger charge is 2.15. The van der Waals surface area contributed by atoms with Gasteiger partial charge in [-0.2, -0.15) is 0 Å². The van der Waals surface area contributed by atoms with Crippen molar-refractivity contribution in [1.29, 1.82) is 0 Å². The van der Waals surface area contributed by atoms with Crippen molar-refractivity contribution in [2.24, 2.45) is 0 Å². The molecule has 3 rings (SSSR count). The number of H-pyrrole nitrogens is 1. The van der Waals surface area contributed by atoms with Crippen LogP contribution in [0.4, 0.5) is 0 Å². The highest BCUT2D eigenvalue weighted by Crippen LogP contribution is 2.26. The van der Waals surface area contributed by atoms with E-state index in [-0.39, 0.29) is 5.97 Å². The zero-order valence-corrected chi connectivity index (χ0v) is 16.7. The van der Waals surface area contributed by atoms with E-state index in [4.69, 9.17) is 9.47 Å². The summed E-state index contributed by atoms with van der Waals surface area (Å²) in [6, 6.07) is 13.3. The number of benzene rings is 2. The lowest BCUT2D eigenvalue weighted by molar-refractivity contribution is 0.0528. The van der Waals surface area contributed by atoms with Crippen LogP contribution in [0, 0.1) is 0 Å². The lowest BCUT2D eigenvalue weighted by atomic mass is 10.2. The van der Waals surface area contributed by atoms with E-state index < -0.39 is 0 Å². The third-order valence-corrected chi connectivity index (χ3v) is 4.69. The van der Waals surface area contributed by atoms with E-state index in [1.165, 1.54) is 0 Å². The van der Waals surface area contributed by atoms with Crippen molar-refractivity contribution in [2.45, 2.75) is 20.8 Å². The van der Waals surface area contributed by atoms with Crippen molar-refractivity contribution < 1.29 is 14.3 Å². The van der Waals surface area contributed by atoms with Gasteiger partial charge in [-0.25, -0.2) is 9.78 Å². The van der Waals surface area contributed by atoms with Gasteiger partial charge in [0.15, 0.2) is 0 Å². The molecule has 1 N–H and O–H groups in total. The highest BCUT2D eigenvalue weighted by molar-refractivity contribution is 6.02. The molecule has 1 heterocycles. The average Bonchev–Trinajstić information content (AvgIpc) is 3.16. The quantitative estimate of drug-likeness (QED) is 0.565. The second kappa shape index (κ2) is 9.37. The first kappa shape index (κ1) is 19.9. The van der Waals surface area contributed by atoms with Gasteiger partial charge in [0, 0.05) is 12.1 Å². The number of likely N-dealkylation sites (N-methyl/N-ethyl adjacent to an activating group) is 1. The number of esters is 1. The van der Waals surface area contributed by atoms with Crippen molar-refractivity contribution in [2.75, 3.05) is 32.8 Å². The topological polar surface area (TPSA) is 67.5 Å². The molecule has 6 nitrogen and oxygen atoms in total. The smallest absolute Gasteiger partial charge is 0.340 e. The van der Waals surface area contributed by atoms with E-state index in [9.17, 15) is 4.79 Å². The van der Waals surface area contributed by atoms with Crippen molar-refractivity contribution in [1.82, 2.24) is 14.9 Å². The Hall–Kier alpha value is -2.86. The summed E-state index contributed by atoms with van der Waals surface area (Å²) >= 11 is 0. The fourth-order valence-electron chi connectivity index (χ4n) is 3.11. The number of aromatic amines is 1. The van der Waals surface area contributed by atoms with Crippen LogP contribution in [0.25, 0.3) is 22.4 Å². The minimum Gasteiger partial charge on any atom is -0.492 e. The maximum absolute atomic E-state index is 12.2. The molecule has 0 unspecified atom stereocenters. The number of rotatable bonds is 9. The van der Waals surface area contributed by atoms with Crippen LogP contribution < -0.4 is 4.74 Å². The van der Waals surface area contributed by atoms with Crippen LogP contribution in [0.3, 0.4) is 0 Å². The molecular weight excluding hydrogens is 354 g/mol. The van der Waals surface area contributed by atoms with Crippen molar-refractivity contribution in [3.8, 4) is 17.1 Å². The fourth-order valence-corrected chi connectivity index (χ4v) is 3.11. The summed E-state index contributed by atoms with van der Waals surface area (Å²) in [6.45, 7) is 9.98. The van der Waals surface area contributed by atoms with Crippen molar-refractivity contribution in [3.63, 3.8) is 0 Å². The van der Waals surface area contributed by atoms with E-state index in [0.29, 0.717) is 30.1 Å². The molecular formula is C22H27N3O3. The van der Waals surface area contributed by atoms with Gasteiger partial charge in [-0.1, -0.05) is 32.0 Å². The Morgan fingerprint density at radius 3 is 2.64 bits per heavy atom. The van der Waals surface area contributed by atoms with Crippen LogP contribution in [0.15, 0.2) is 42.5 Å². The predicted octanol–water partition coefficient (Wildman–Crippen LogP) is 4.13. The van der Waals surface area contributed by atoms with Crippen LogP contribution in [-0.2, 0) is 4.74 Å². The molecule has 3 aromatic rings. The molecule has 0 amide bonds. The maximum atomic E-state index is 12.2. The van der Waals surface area contributed by atoms with Gasteiger partial charge in [0.2, 0.25) is 0 Å². The Bertz CT molecular complexity index is 932. The SMILES string of the molecule is CCOC(=O)c1cccc2[nH]c(-c3cccc(OCCN(CC)CC)c3)nc12. The zero-order chi connectivity index (χ0) is 19.9. The third-order valence-electron chi connectivity index (χ3n) is 4.69. The number of carbonyl (C=O) groups excluding carboxylic acids is 1.